The molecular formula is C49H80N4O16. The molecule has 2 amide bonds. The van der Waals surface area contributed by atoms with E-state index < -0.39 is 147 Å². The molecular weight excluding hydrogens is 901 g/mol. The molecule has 0 saturated carbocycles. The molecule has 3 aliphatic heterocycles. The third-order valence-corrected chi connectivity index (χ3v) is 12.5. The van der Waals surface area contributed by atoms with Crippen LogP contribution in [0.3, 0.4) is 0 Å². The molecule has 20 nitrogen and oxygen atoms in total. The zero-order chi connectivity index (χ0) is 51.3. The van der Waals surface area contributed by atoms with Crippen LogP contribution in [0.2, 0.25) is 0 Å². The topological polar surface area (TPSA) is 349 Å². The van der Waals surface area contributed by atoms with Crippen LogP contribution in [-0.4, -0.2) is 180 Å². The molecule has 20 heteroatoms. The fourth-order valence-corrected chi connectivity index (χ4v) is 8.22. The molecule has 0 spiro atoms. The minimum Gasteiger partial charge on any atom is -0.462 e. The Kier molecular flexibility index (Phi) is 26.1. The van der Waals surface area contributed by atoms with Gasteiger partial charge < -0.3 is 92.1 Å². The molecule has 19 atom stereocenters. The predicted octanol–water partition coefficient (Wildman–Crippen LogP) is -0.363. The number of nitrogens with one attached hydrogen (secondary N) is 2. The Hall–Kier alpha value is -3.68. The lowest BCUT2D eigenvalue weighted by atomic mass is 9.87. The molecule has 2 saturated heterocycles. The Morgan fingerprint density at radius 2 is 1.30 bits per heavy atom. The fraction of sp³-hybridized carbons (Fsp3) is 0.673. The summed E-state index contributed by atoms with van der Waals surface area (Å²) in [6.07, 6.45) is 4.85. The molecule has 0 radical (unpaired) electrons. The van der Waals surface area contributed by atoms with Crippen molar-refractivity contribution in [3.63, 3.8) is 0 Å². The second kappa shape index (κ2) is 30.3. The summed E-state index contributed by atoms with van der Waals surface area (Å²) < 4.78 is 23.6. The van der Waals surface area contributed by atoms with Crippen molar-refractivity contribution < 1.29 is 79.6 Å². The van der Waals surface area contributed by atoms with Crippen LogP contribution in [0.4, 0.5) is 4.79 Å². The highest BCUT2D eigenvalue weighted by atomic mass is 16.7. The second-order valence-corrected chi connectivity index (χ2v) is 18.4. The molecule has 6 unspecified atom stereocenters. The second-order valence-electron chi connectivity index (χ2n) is 18.4. The molecule has 3 rings (SSSR count). The summed E-state index contributed by atoms with van der Waals surface area (Å²) in [7, 11) is 0. The number of cyclic esters (lactones) is 1. The summed E-state index contributed by atoms with van der Waals surface area (Å²) in [5.74, 6) is -3.71. The fourth-order valence-electron chi connectivity index (χ4n) is 8.22. The van der Waals surface area contributed by atoms with E-state index in [0.29, 0.717) is 0 Å². The molecule has 2 bridgehead atoms. The van der Waals surface area contributed by atoms with E-state index in [0.717, 1.165) is 0 Å². The number of carbonyl (C=O) groups excluding carboxylic acids is 2. The molecule has 2 fully saturated rings. The maximum Gasteiger partial charge on any atom is 0.315 e. The van der Waals surface area contributed by atoms with Gasteiger partial charge in [0.1, 0.15) is 12.2 Å². The summed E-state index contributed by atoms with van der Waals surface area (Å²) in [6.45, 7) is 7.01. The van der Waals surface area contributed by atoms with Crippen LogP contribution < -0.4 is 22.1 Å². The van der Waals surface area contributed by atoms with E-state index in [1.807, 2.05) is 37.3 Å². The van der Waals surface area contributed by atoms with Gasteiger partial charge in [0.25, 0.3) is 0 Å². The van der Waals surface area contributed by atoms with E-state index in [1.165, 1.54) is 0 Å². The molecule has 69 heavy (non-hydrogen) atoms. The molecule has 3 heterocycles. The van der Waals surface area contributed by atoms with Gasteiger partial charge in [0.2, 0.25) is 0 Å². The Balaban J connectivity index is 1.91. The van der Waals surface area contributed by atoms with Crippen LogP contribution in [0.5, 0.6) is 0 Å². The molecule has 0 aromatic carbocycles. The summed E-state index contributed by atoms with van der Waals surface area (Å²) in [5, 5.41) is 115. The van der Waals surface area contributed by atoms with Crippen molar-refractivity contribution in [1.29, 1.82) is 0 Å². The number of aliphatic hydroxyl groups is 10. The highest BCUT2D eigenvalue weighted by Crippen LogP contribution is 2.35. The average Bonchev–Trinajstić information content (AvgIpc) is 3.28. The Morgan fingerprint density at radius 3 is 1.91 bits per heavy atom. The first-order valence-corrected chi connectivity index (χ1v) is 23.9. The normalized spacial score (nSPS) is 43.4. The van der Waals surface area contributed by atoms with Crippen molar-refractivity contribution in [2.24, 2.45) is 23.3 Å². The van der Waals surface area contributed by atoms with Crippen molar-refractivity contribution in [3.8, 4) is 0 Å². The number of esters is 1. The number of urea groups is 1. The Labute approximate surface area is 405 Å². The third-order valence-electron chi connectivity index (χ3n) is 12.5. The maximum absolute atomic E-state index is 12.9. The van der Waals surface area contributed by atoms with Crippen molar-refractivity contribution in [2.45, 2.75) is 183 Å². The van der Waals surface area contributed by atoms with Crippen LogP contribution in [0, 0.1) is 11.8 Å². The van der Waals surface area contributed by atoms with Crippen molar-refractivity contribution in [3.05, 3.63) is 85.1 Å². The molecule has 3 aliphatic rings. The summed E-state index contributed by atoms with van der Waals surface area (Å²) in [5.41, 5.74) is 11.6. The van der Waals surface area contributed by atoms with Crippen LogP contribution in [-0.2, 0) is 23.7 Å². The van der Waals surface area contributed by atoms with Gasteiger partial charge in [0, 0.05) is 50.6 Å². The average molecular weight is 981 g/mol. The lowest BCUT2D eigenvalue weighted by Gasteiger charge is -2.46. The number of allylic oxidation sites excluding steroid dienone is 12. The third kappa shape index (κ3) is 20.9. The number of hydrogen-bond acceptors (Lipinski definition) is 18. The van der Waals surface area contributed by atoms with Gasteiger partial charge in [-0.3, -0.25) is 4.79 Å². The van der Waals surface area contributed by atoms with Gasteiger partial charge in [-0.25, -0.2) is 4.79 Å². The van der Waals surface area contributed by atoms with Gasteiger partial charge in [0.05, 0.1) is 85.6 Å². The van der Waals surface area contributed by atoms with Gasteiger partial charge in [-0.05, 0) is 33.1 Å². The smallest absolute Gasteiger partial charge is 0.315 e. The number of carbonyl (C=O) groups is 2. The van der Waals surface area contributed by atoms with E-state index in [2.05, 4.69) is 10.6 Å². The number of hydrogen-bond donors (Lipinski definition) is 14. The van der Waals surface area contributed by atoms with Gasteiger partial charge in [0.15, 0.2) is 12.1 Å². The Morgan fingerprint density at radius 1 is 0.710 bits per heavy atom. The number of ether oxygens (including phenoxy) is 4. The first-order chi connectivity index (χ1) is 32.6. The standard InChI is InChI=1S/C49H80N4O16/c1-29-17-15-13-11-9-7-5-6-8-10-12-14-16-18-36(68-47-46(63)42(51)45(62)32(4)67-47)26-40-43(53-48(64)52-22-21-50)39(59)28-49(65,69-40)27-35(56)24-38(58)37(57)20-19-33(54)23-34(55)25-41(60)66-31(3)30(2)44(29)61/h5-18,29-40,42-47,54-59,61-63,65H,19-28,50-51H2,1-4H3,(H2,52,53,64)/b6-5+,9-7+,10-8+,13-11+,14-12+,17-15+,18-16+/t29-,30-,31-,32?,33+,34+,35-,36-,37+,38+,39-,40?,42?,43+,44+,45?,46?,47?,49+/m0/s1. The first-order valence-electron chi connectivity index (χ1n) is 23.9. The van der Waals surface area contributed by atoms with Gasteiger partial charge in [-0.1, -0.05) is 98.9 Å². The lowest BCUT2D eigenvalue weighted by Crippen LogP contribution is -2.64. The number of rotatable bonds is 5. The first kappa shape index (κ1) is 59.6. The quantitative estimate of drug-likeness (QED) is 0.156. The van der Waals surface area contributed by atoms with Crippen molar-refractivity contribution in [1.82, 2.24) is 10.6 Å². The summed E-state index contributed by atoms with van der Waals surface area (Å²) in [4.78, 5) is 25.6. The van der Waals surface area contributed by atoms with Gasteiger partial charge in [-0.15, -0.1) is 0 Å². The van der Waals surface area contributed by atoms with Crippen molar-refractivity contribution >= 4 is 12.0 Å². The van der Waals surface area contributed by atoms with Crippen LogP contribution >= 0.6 is 0 Å². The zero-order valence-electron chi connectivity index (χ0n) is 40.1. The molecule has 16 N–H and O–H groups in total. The summed E-state index contributed by atoms with van der Waals surface area (Å²) in [6, 6.07) is -3.01. The number of nitrogens with two attached hydrogens (primary N) is 2. The van der Waals surface area contributed by atoms with Crippen LogP contribution in [0.15, 0.2) is 85.1 Å². The van der Waals surface area contributed by atoms with Crippen LogP contribution in [0.1, 0.15) is 79.1 Å². The van der Waals surface area contributed by atoms with Gasteiger partial charge >= 0.3 is 12.0 Å². The van der Waals surface area contributed by atoms with Gasteiger partial charge in [-0.2, -0.15) is 0 Å². The van der Waals surface area contributed by atoms with E-state index in [4.69, 9.17) is 30.4 Å². The van der Waals surface area contributed by atoms with E-state index in [-0.39, 0.29) is 44.7 Å². The highest BCUT2D eigenvalue weighted by Gasteiger charge is 2.49. The van der Waals surface area contributed by atoms with Crippen LogP contribution in [0.25, 0.3) is 0 Å². The molecule has 0 aromatic heterocycles. The Bertz CT molecular complexity index is 1750. The van der Waals surface area contributed by atoms with E-state index in [1.54, 1.807) is 75.5 Å². The van der Waals surface area contributed by atoms with Crippen molar-refractivity contribution in [2.75, 3.05) is 13.1 Å². The largest absolute Gasteiger partial charge is 0.462 e. The zero-order valence-corrected chi connectivity index (χ0v) is 40.1. The molecule has 0 aliphatic carbocycles. The monoisotopic (exact) mass is 981 g/mol. The maximum atomic E-state index is 12.9. The molecule has 392 valence electrons. The lowest BCUT2D eigenvalue weighted by molar-refractivity contribution is -0.303. The minimum atomic E-state index is -2.26. The number of fused-ring (bicyclic) bond motifs is 2. The number of amides is 2. The number of aliphatic hydroxyl groups excluding tert-OH is 9. The SMILES string of the molecule is CC1OC(O[C@H]2/C=C/C=C/C=C/C=C/C=C/C=C/C=C/[C@H](C)[C@@H](O)[C@@H](C)[C@H](C)OC(=O)C[C@H](O)C[C@H](O)CC[C@@H](O)[C@H](O)C[C@H](O)C[C@]3(O)C[C@H](O)[C@@H](NC(=O)NCCN)C(C2)O3)C(O)C(N)C1O. The van der Waals surface area contributed by atoms with E-state index in [9.17, 15) is 60.7 Å². The minimum absolute atomic E-state index is 0.0965. The highest BCUT2D eigenvalue weighted by molar-refractivity contribution is 5.74. The molecule has 0 aromatic rings. The summed E-state index contributed by atoms with van der Waals surface area (Å²) >= 11 is 0. The van der Waals surface area contributed by atoms with E-state index >= 15 is 0 Å². The predicted molar refractivity (Wildman–Crippen MR) is 255 cm³/mol.